The first-order chi connectivity index (χ1) is 8.81. The summed E-state index contributed by atoms with van der Waals surface area (Å²) in [5, 5.41) is -1.32. The minimum atomic E-state index is -3.90. The molecule has 0 aliphatic heterocycles. The Kier molecular flexibility index (Phi) is 5.19. The molecule has 0 aliphatic carbocycles. The van der Waals surface area contributed by atoms with Crippen molar-refractivity contribution in [3.05, 3.63) is 22.7 Å². The van der Waals surface area contributed by atoms with Crippen LogP contribution in [0.25, 0.3) is 0 Å². The molecule has 1 N–H and O–H groups in total. The zero-order valence-corrected chi connectivity index (χ0v) is 13.0. The first-order valence-electron chi connectivity index (χ1n) is 5.25. The van der Waals surface area contributed by atoms with Gasteiger partial charge in [-0.3, -0.25) is 9.52 Å². The third-order valence-corrected chi connectivity index (χ3v) is 4.53. The molecule has 0 radical (unpaired) electrons. The molecule has 8 heteroatoms. The van der Waals surface area contributed by atoms with Crippen LogP contribution in [0.1, 0.15) is 6.92 Å². The normalized spacial score (nSPS) is 12.6. The molecule has 0 amide bonds. The second kappa shape index (κ2) is 6.25. The Morgan fingerprint density at radius 1 is 1.37 bits per heavy atom. The van der Waals surface area contributed by atoms with Gasteiger partial charge in [0.1, 0.15) is 5.75 Å². The van der Waals surface area contributed by atoms with Crippen LogP contribution in [0.15, 0.2) is 22.7 Å². The average molecular weight is 352 g/mol. The number of carbonyl (C=O) groups excluding carboxylic acids is 1. The van der Waals surface area contributed by atoms with Gasteiger partial charge in [0.05, 0.1) is 19.9 Å². The Morgan fingerprint density at radius 3 is 2.53 bits per heavy atom. The maximum atomic E-state index is 12.0. The highest BCUT2D eigenvalue weighted by Gasteiger charge is 2.29. The SMILES string of the molecule is COC(=O)C(C)S(=O)(=O)Nc1cc(Br)ccc1OC. The number of ether oxygens (including phenoxy) is 2. The molecule has 1 atom stereocenters. The van der Waals surface area contributed by atoms with Gasteiger partial charge < -0.3 is 9.47 Å². The lowest BCUT2D eigenvalue weighted by molar-refractivity contribution is -0.139. The average Bonchev–Trinajstić information content (AvgIpc) is 2.36. The molecule has 1 unspecified atom stereocenters. The molecule has 0 heterocycles. The monoisotopic (exact) mass is 351 g/mol. The van der Waals surface area contributed by atoms with Crippen LogP contribution in [0, 0.1) is 0 Å². The summed E-state index contributed by atoms with van der Waals surface area (Å²) in [7, 11) is -1.35. The van der Waals surface area contributed by atoms with Crippen molar-refractivity contribution >= 4 is 37.6 Å². The lowest BCUT2D eigenvalue weighted by Crippen LogP contribution is -2.33. The second-order valence-electron chi connectivity index (χ2n) is 3.66. The fraction of sp³-hybridized carbons (Fsp3) is 0.364. The summed E-state index contributed by atoms with van der Waals surface area (Å²) in [5.41, 5.74) is 0.243. The molecule has 0 spiro atoms. The number of benzene rings is 1. The standard InChI is InChI=1S/C11H14BrNO5S/c1-7(11(14)18-3)19(15,16)13-9-6-8(12)4-5-10(9)17-2/h4-7,13H,1-3H3. The van der Waals surface area contributed by atoms with E-state index in [4.69, 9.17) is 4.74 Å². The lowest BCUT2D eigenvalue weighted by atomic mass is 10.3. The maximum Gasteiger partial charge on any atom is 0.325 e. The zero-order valence-electron chi connectivity index (χ0n) is 10.6. The van der Waals surface area contributed by atoms with Crippen molar-refractivity contribution < 1.29 is 22.7 Å². The van der Waals surface area contributed by atoms with E-state index in [1.165, 1.54) is 14.0 Å². The summed E-state index contributed by atoms with van der Waals surface area (Å²) in [5.74, 6) is -0.481. The van der Waals surface area contributed by atoms with E-state index in [0.29, 0.717) is 10.2 Å². The summed E-state index contributed by atoms with van der Waals surface area (Å²) in [6.45, 7) is 1.25. The summed E-state index contributed by atoms with van der Waals surface area (Å²) < 4.78 is 36.4. The fourth-order valence-electron chi connectivity index (χ4n) is 1.29. The number of carbonyl (C=O) groups is 1. The van der Waals surface area contributed by atoms with Crippen LogP contribution in [0.5, 0.6) is 5.75 Å². The van der Waals surface area contributed by atoms with Crippen LogP contribution < -0.4 is 9.46 Å². The topological polar surface area (TPSA) is 81.7 Å². The van der Waals surface area contributed by atoms with Crippen molar-refractivity contribution in [3.8, 4) is 5.75 Å². The van der Waals surface area contributed by atoms with Crippen molar-refractivity contribution in [2.75, 3.05) is 18.9 Å². The molecule has 1 aromatic rings. The highest BCUT2D eigenvalue weighted by atomic mass is 79.9. The highest BCUT2D eigenvalue weighted by Crippen LogP contribution is 2.29. The molecule has 1 aromatic carbocycles. The van der Waals surface area contributed by atoms with Gasteiger partial charge in [-0.05, 0) is 25.1 Å². The van der Waals surface area contributed by atoms with Crippen molar-refractivity contribution in [2.45, 2.75) is 12.2 Å². The molecule has 0 bridgehead atoms. The van der Waals surface area contributed by atoms with E-state index in [2.05, 4.69) is 25.4 Å². The van der Waals surface area contributed by atoms with Crippen molar-refractivity contribution in [1.82, 2.24) is 0 Å². The molecular weight excluding hydrogens is 338 g/mol. The first kappa shape index (κ1) is 15.8. The van der Waals surface area contributed by atoms with Gasteiger partial charge in [-0.2, -0.15) is 0 Å². The molecule has 0 fully saturated rings. The van der Waals surface area contributed by atoms with Crippen molar-refractivity contribution in [1.29, 1.82) is 0 Å². The van der Waals surface area contributed by atoms with Gasteiger partial charge in [-0.15, -0.1) is 0 Å². The van der Waals surface area contributed by atoms with Gasteiger partial charge in [0, 0.05) is 4.47 Å². The third kappa shape index (κ3) is 3.84. The van der Waals surface area contributed by atoms with Crippen LogP contribution in [0.3, 0.4) is 0 Å². The smallest absolute Gasteiger partial charge is 0.325 e. The Labute approximate surface area is 120 Å². The van der Waals surface area contributed by atoms with Crippen LogP contribution in [0.4, 0.5) is 5.69 Å². The molecule has 0 saturated carbocycles. The number of anilines is 1. The predicted octanol–water partition coefficient (Wildman–Crippen LogP) is 1.76. The minimum Gasteiger partial charge on any atom is -0.495 e. The molecule has 0 aliphatic rings. The van der Waals surface area contributed by atoms with Gasteiger partial charge in [-0.1, -0.05) is 15.9 Å². The minimum absolute atomic E-state index is 0.243. The number of rotatable bonds is 5. The number of methoxy groups -OCH3 is 2. The van der Waals surface area contributed by atoms with Crippen LogP contribution in [-0.4, -0.2) is 33.9 Å². The Morgan fingerprint density at radius 2 is 2.00 bits per heavy atom. The Balaban J connectivity index is 3.08. The van der Waals surface area contributed by atoms with E-state index in [1.54, 1.807) is 18.2 Å². The molecule has 106 valence electrons. The fourth-order valence-corrected chi connectivity index (χ4v) is 2.65. The Hall–Kier alpha value is -1.28. The molecular formula is C11H14BrNO5S. The van der Waals surface area contributed by atoms with Gasteiger partial charge in [0.2, 0.25) is 10.0 Å². The molecule has 1 rings (SSSR count). The van der Waals surface area contributed by atoms with Crippen LogP contribution >= 0.6 is 15.9 Å². The first-order valence-corrected chi connectivity index (χ1v) is 7.58. The van der Waals surface area contributed by atoms with Gasteiger partial charge in [0.25, 0.3) is 0 Å². The zero-order chi connectivity index (χ0) is 14.6. The third-order valence-electron chi connectivity index (χ3n) is 2.41. The van der Waals surface area contributed by atoms with Gasteiger partial charge >= 0.3 is 5.97 Å². The molecule has 0 aromatic heterocycles. The largest absolute Gasteiger partial charge is 0.495 e. The predicted molar refractivity (Wildman–Crippen MR) is 74.7 cm³/mol. The molecule has 19 heavy (non-hydrogen) atoms. The van der Waals surface area contributed by atoms with Crippen LogP contribution in [-0.2, 0) is 19.6 Å². The molecule has 0 saturated heterocycles. The number of sulfonamides is 1. The highest BCUT2D eigenvalue weighted by molar-refractivity contribution is 9.10. The van der Waals surface area contributed by atoms with Crippen molar-refractivity contribution in [2.24, 2.45) is 0 Å². The van der Waals surface area contributed by atoms with E-state index >= 15 is 0 Å². The second-order valence-corrected chi connectivity index (χ2v) is 6.57. The Bertz CT molecular complexity index is 572. The van der Waals surface area contributed by atoms with Crippen LogP contribution in [0.2, 0.25) is 0 Å². The number of esters is 1. The van der Waals surface area contributed by atoms with E-state index in [9.17, 15) is 13.2 Å². The van der Waals surface area contributed by atoms with E-state index in [0.717, 1.165) is 7.11 Å². The van der Waals surface area contributed by atoms with Gasteiger partial charge in [0.15, 0.2) is 5.25 Å². The number of nitrogens with one attached hydrogen (secondary N) is 1. The van der Waals surface area contributed by atoms with E-state index < -0.39 is 21.2 Å². The molecule has 6 nitrogen and oxygen atoms in total. The lowest BCUT2D eigenvalue weighted by Gasteiger charge is -2.15. The number of hydrogen-bond acceptors (Lipinski definition) is 5. The van der Waals surface area contributed by atoms with E-state index in [1.807, 2.05) is 0 Å². The van der Waals surface area contributed by atoms with Crippen molar-refractivity contribution in [3.63, 3.8) is 0 Å². The van der Waals surface area contributed by atoms with Gasteiger partial charge in [-0.25, -0.2) is 8.42 Å². The number of halogens is 1. The summed E-state index contributed by atoms with van der Waals surface area (Å²) in [6, 6.07) is 4.85. The van der Waals surface area contributed by atoms with E-state index in [-0.39, 0.29) is 5.69 Å². The number of hydrogen-bond donors (Lipinski definition) is 1. The summed E-state index contributed by atoms with van der Waals surface area (Å²) in [6.07, 6.45) is 0. The summed E-state index contributed by atoms with van der Waals surface area (Å²) >= 11 is 3.23. The quantitative estimate of drug-likeness (QED) is 0.817. The maximum absolute atomic E-state index is 12.0. The summed E-state index contributed by atoms with van der Waals surface area (Å²) in [4.78, 5) is 11.3.